The summed E-state index contributed by atoms with van der Waals surface area (Å²) < 4.78 is 2.11. The molecule has 4 heteroatoms. The molecule has 1 heterocycles. The van der Waals surface area contributed by atoms with Gasteiger partial charge in [0.1, 0.15) is 0 Å². The maximum absolute atomic E-state index is 11.2. The van der Waals surface area contributed by atoms with E-state index in [0.29, 0.717) is 11.3 Å². The highest BCUT2D eigenvalue weighted by Crippen LogP contribution is 2.22. The maximum atomic E-state index is 11.2. The van der Waals surface area contributed by atoms with E-state index in [1.165, 1.54) is 0 Å². The Kier molecular flexibility index (Phi) is 4.29. The zero-order chi connectivity index (χ0) is 17.1. The van der Waals surface area contributed by atoms with Gasteiger partial charge in [-0.2, -0.15) is 0 Å². The molecule has 120 valence electrons. The molecule has 4 nitrogen and oxygen atoms in total. The summed E-state index contributed by atoms with van der Waals surface area (Å²) in [7, 11) is 0. The van der Waals surface area contributed by atoms with E-state index in [1.54, 1.807) is 25.3 Å². The third kappa shape index (κ3) is 2.99. The smallest absolute Gasteiger partial charge is 0.336 e. The number of aromatic carboxylic acids is 1. The molecule has 1 N–H and O–H groups in total. The zero-order valence-electron chi connectivity index (χ0n) is 13.6. The van der Waals surface area contributed by atoms with Gasteiger partial charge in [-0.1, -0.05) is 24.3 Å². The Bertz CT molecular complexity index is 909. The van der Waals surface area contributed by atoms with Gasteiger partial charge in [-0.05, 0) is 55.8 Å². The molecule has 0 unspecified atom stereocenters. The zero-order valence-corrected chi connectivity index (χ0v) is 13.6. The van der Waals surface area contributed by atoms with Gasteiger partial charge in [0.25, 0.3) is 0 Å². The average Bonchev–Trinajstić information content (AvgIpc) is 2.95. The first kappa shape index (κ1) is 15.7. The Morgan fingerprint density at radius 1 is 1.00 bits per heavy atom. The molecule has 0 atom stereocenters. The molecule has 0 radical (unpaired) electrons. The first-order valence-corrected chi connectivity index (χ1v) is 7.68. The lowest BCUT2D eigenvalue weighted by molar-refractivity contribution is 0.0696. The molecule has 0 bridgehead atoms. The first-order valence-electron chi connectivity index (χ1n) is 7.68. The number of rotatable bonds is 4. The van der Waals surface area contributed by atoms with E-state index in [0.717, 1.165) is 17.1 Å². The van der Waals surface area contributed by atoms with Gasteiger partial charge < -0.3 is 9.67 Å². The normalized spacial score (nSPS) is 11.1. The van der Waals surface area contributed by atoms with Gasteiger partial charge in [-0.3, -0.25) is 4.99 Å². The number of hydrogen-bond acceptors (Lipinski definition) is 2. The van der Waals surface area contributed by atoms with E-state index in [-0.39, 0.29) is 5.56 Å². The number of benzene rings is 2. The van der Waals surface area contributed by atoms with Crippen LogP contribution in [0.1, 0.15) is 27.3 Å². The summed E-state index contributed by atoms with van der Waals surface area (Å²) in [6, 6.07) is 19.2. The Morgan fingerprint density at radius 2 is 1.75 bits per heavy atom. The molecule has 0 amide bonds. The fraction of sp³-hybridized carbons (Fsp3) is 0.100. The highest BCUT2D eigenvalue weighted by Gasteiger charge is 2.10. The van der Waals surface area contributed by atoms with E-state index < -0.39 is 5.97 Å². The molecule has 0 aliphatic carbocycles. The summed E-state index contributed by atoms with van der Waals surface area (Å²) in [5, 5.41) is 9.22. The number of para-hydroxylation sites is 1. The highest BCUT2D eigenvalue weighted by molar-refractivity contribution is 5.91. The molecule has 0 fully saturated rings. The van der Waals surface area contributed by atoms with Crippen LogP contribution in [0.2, 0.25) is 0 Å². The van der Waals surface area contributed by atoms with Crippen molar-refractivity contribution in [2.75, 3.05) is 0 Å². The van der Waals surface area contributed by atoms with E-state index in [9.17, 15) is 9.90 Å². The van der Waals surface area contributed by atoms with Crippen LogP contribution < -0.4 is 0 Å². The third-order valence-corrected chi connectivity index (χ3v) is 3.99. The second kappa shape index (κ2) is 6.54. The van der Waals surface area contributed by atoms with E-state index in [2.05, 4.69) is 9.56 Å². The topological polar surface area (TPSA) is 54.6 Å². The average molecular weight is 318 g/mol. The molecule has 3 aromatic rings. The Morgan fingerprint density at radius 3 is 2.46 bits per heavy atom. The fourth-order valence-electron chi connectivity index (χ4n) is 2.72. The molecule has 3 rings (SSSR count). The largest absolute Gasteiger partial charge is 0.478 e. The molecule has 0 aliphatic rings. The quantitative estimate of drug-likeness (QED) is 0.718. The summed E-state index contributed by atoms with van der Waals surface area (Å²) in [6.07, 6.45) is 1.77. The van der Waals surface area contributed by atoms with Crippen molar-refractivity contribution < 1.29 is 9.90 Å². The van der Waals surface area contributed by atoms with Crippen LogP contribution in [0.5, 0.6) is 0 Å². The van der Waals surface area contributed by atoms with Crippen molar-refractivity contribution in [2.45, 2.75) is 13.8 Å². The van der Waals surface area contributed by atoms with Gasteiger partial charge in [0, 0.05) is 11.4 Å². The summed E-state index contributed by atoms with van der Waals surface area (Å²) in [4.78, 5) is 15.7. The summed E-state index contributed by atoms with van der Waals surface area (Å²) >= 11 is 0. The molecule has 0 spiro atoms. The lowest BCUT2D eigenvalue weighted by Gasteiger charge is -2.09. The summed E-state index contributed by atoms with van der Waals surface area (Å²) in [5.41, 5.74) is 4.72. The third-order valence-electron chi connectivity index (χ3n) is 3.99. The second-order valence-corrected chi connectivity index (χ2v) is 5.58. The van der Waals surface area contributed by atoms with Gasteiger partial charge in [-0.15, -0.1) is 0 Å². The van der Waals surface area contributed by atoms with Crippen LogP contribution in [-0.4, -0.2) is 21.9 Å². The van der Waals surface area contributed by atoms with Gasteiger partial charge in [0.2, 0.25) is 0 Å². The Balaban J connectivity index is 2.00. The molecule has 1 aromatic heterocycles. The van der Waals surface area contributed by atoms with E-state index in [4.69, 9.17) is 0 Å². The predicted molar refractivity (Wildman–Crippen MR) is 95.9 cm³/mol. The number of nitrogens with zero attached hydrogens (tertiary/aromatic N) is 2. The number of carboxylic acids is 1. The molecule has 2 aromatic carbocycles. The van der Waals surface area contributed by atoms with Crippen molar-refractivity contribution in [1.29, 1.82) is 0 Å². The molecular weight excluding hydrogens is 300 g/mol. The maximum Gasteiger partial charge on any atom is 0.336 e. The highest BCUT2D eigenvalue weighted by atomic mass is 16.4. The van der Waals surface area contributed by atoms with Crippen LogP contribution in [0.15, 0.2) is 65.7 Å². The van der Waals surface area contributed by atoms with Gasteiger partial charge in [0.15, 0.2) is 0 Å². The van der Waals surface area contributed by atoms with Gasteiger partial charge >= 0.3 is 5.97 Å². The summed E-state index contributed by atoms with van der Waals surface area (Å²) in [5.74, 6) is -0.937. The minimum Gasteiger partial charge on any atom is -0.478 e. The molecular formula is C20H18N2O2. The number of aromatic nitrogens is 1. The second-order valence-electron chi connectivity index (χ2n) is 5.58. The fourth-order valence-corrected chi connectivity index (χ4v) is 2.72. The predicted octanol–water partition coefficient (Wildman–Crippen LogP) is 4.54. The van der Waals surface area contributed by atoms with Crippen LogP contribution >= 0.6 is 0 Å². The lowest BCUT2D eigenvalue weighted by Crippen LogP contribution is -2.01. The van der Waals surface area contributed by atoms with Crippen LogP contribution in [0.4, 0.5) is 5.69 Å². The van der Waals surface area contributed by atoms with Crippen LogP contribution in [0, 0.1) is 13.8 Å². The Hall–Kier alpha value is -3.14. The molecule has 0 aliphatic heterocycles. The van der Waals surface area contributed by atoms with E-state index in [1.807, 2.05) is 55.5 Å². The van der Waals surface area contributed by atoms with Crippen LogP contribution in [0.3, 0.4) is 0 Å². The minimum absolute atomic E-state index is 0.277. The SMILES string of the molecule is Cc1c(N=Cc2ccc(C)n2-c2ccccc2)cccc1C(=O)O. The number of aryl methyl sites for hydroxylation is 1. The monoisotopic (exact) mass is 318 g/mol. The Labute approximate surface area is 140 Å². The number of carboxylic acid groups (broad SMARTS) is 1. The minimum atomic E-state index is -0.937. The summed E-state index contributed by atoms with van der Waals surface area (Å²) in [6.45, 7) is 3.82. The molecule has 0 saturated heterocycles. The molecule has 0 saturated carbocycles. The van der Waals surface area contributed by atoms with Crippen molar-refractivity contribution in [3.8, 4) is 5.69 Å². The van der Waals surface area contributed by atoms with Crippen LogP contribution in [-0.2, 0) is 0 Å². The first-order chi connectivity index (χ1) is 11.6. The van der Waals surface area contributed by atoms with Crippen molar-refractivity contribution in [3.63, 3.8) is 0 Å². The standard InChI is InChI=1S/C20H18N2O2/c1-14-11-12-17(22(14)16-7-4-3-5-8-16)13-21-19-10-6-9-18(15(19)2)20(23)24/h3-13H,1-2H3,(H,23,24). The number of aliphatic imine (C=N–C) groups is 1. The lowest BCUT2D eigenvalue weighted by atomic mass is 10.1. The van der Waals surface area contributed by atoms with Crippen molar-refractivity contribution in [2.24, 2.45) is 4.99 Å². The van der Waals surface area contributed by atoms with Crippen molar-refractivity contribution in [1.82, 2.24) is 4.57 Å². The van der Waals surface area contributed by atoms with Crippen LogP contribution in [0.25, 0.3) is 5.69 Å². The molecule has 24 heavy (non-hydrogen) atoms. The van der Waals surface area contributed by atoms with Crippen molar-refractivity contribution >= 4 is 17.9 Å². The van der Waals surface area contributed by atoms with Gasteiger partial charge in [-0.25, -0.2) is 4.79 Å². The van der Waals surface area contributed by atoms with Crippen molar-refractivity contribution in [3.05, 3.63) is 83.2 Å². The van der Waals surface area contributed by atoms with Gasteiger partial charge in [0.05, 0.1) is 23.2 Å². The number of hydrogen-bond donors (Lipinski definition) is 1. The number of carbonyl (C=O) groups is 1. The van der Waals surface area contributed by atoms with E-state index >= 15 is 0 Å².